The second-order valence-corrected chi connectivity index (χ2v) is 9.72. The maximum Gasteiger partial charge on any atom is 0.249 e. The van der Waals surface area contributed by atoms with Crippen molar-refractivity contribution in [3.8, 4) is 0 Å². The molecule has 1 amide bonds. The van der Waals surface area contributed by atoms with Crippen molar-refractivity contribution in [1.29, 1.82) is 0 Å². The lowest BCUT2D eigenvalue weighted by atomic mass is 9.95. The summed E-state index contributed by atoms with van der Waals surface area (Å²) in [4.78, 5) is 20.8. The largest absolute Gasteiger partial charge is 0.337 e. The van der Waals surface area contributed by atoms with Crippen molar-refractivity contribution in [1.82, 2.24) is 14.7 Å². The zero-order valence-corrected chi connectivity index (χ0v) is 17.9. The molecule has 2 saturated heterocycles. The molecule has 4 heteroatoms. The van der Waals surface area contributed by atoms with Gasteiger partial charge in [-0.2, -0.15) is 0 Å². The molecule has 4 aliphatic rings. The summed E-state index contributed by atoms with van der Waals surface area (Å²) in [6.07, 6.45) is 17.8. The van der Waals surface area contributed by atoms with E-state index in [1.165, 1.54) is 90.4 Å². The smallest absolute Gasteiger partial charge is 0.249 e. The molecule has 2 heterocycles. The van der Waals surface area contributed by atoms with Crippen LogP contribution in [-0.2, 0) is 4.79 Å². The summed E-state index contributed by atoms with van der Waals surface area (Å²) >= 11 is 0. The van der Waals surface area contributed by atoms with Crippen molar-refractivity contribution < 1.29 is 4.79 Å². The molecule has 4 nitrogen and oxygen atoms in total. The fourth-order valence-corrected chi connectivity index (χ4v) is 5.95. The summed E-state index contributed by atoms with van der Waals surface area (Å²) in [5.74, 6) is 1.02. The van der Waals surface area contributed by atoms with Gasteiger partial charge >= 0.3 is 0 Å². The molecular weight excluding hydrogens is 346 g/mol. The molecule has 0 radical (unpaired) electrons. The SMILES string of the molecule is O=C(C1=CCCC1)N(CCN1CCCCC1)CC1CCCN(C2CCCC2)C1. The van der Waals surface area contributed by atoms with Crippen molar-refractivity contribution in [3.63, 3.8) is 0 Å². The molecule has 4 rings (SSSR count). The molecular formula is C24H41N3O. The van der Waals surface area contributed by atoms with Gasteiger partial charge in [-0.15, -0.1) is 0 Å². The Labute approximate surface area is 172 Å². The van der Waals surface area contributed by atoms with E-state index in [0.29, 0.717) is 11.8 Å². The minimum atomic E-state index is 0.354. The van der Waals surface area contributed by atoms with E-state index >= 15 is 0 Å². The van der Waals surface area contributed by atoms with Crippen molar-refractivity contribution in [2.24, 2.45) is 5.92 Å². The summed E-state index contributed by atoms with van der Waals surface area (Å²) in [6, 6.07) is 0.831. The second kappa shape index (κ2) is 10.2. The van der Waals surface area contributed by atoms with Crippen LogP contribution in [0.3, 0.4) is 0 Å². The Balaban J connectivity index is 1.35. The molecule has 28 heavy (non-hydrogen) atoms. The van der Waals surface area contributed by atoms with Gasteiger partial charge in [0.05, 0.1) is 0 Å². The summed E-state index contributed by atoms with van der Waals surface area (Å²) in [5.41, 5.74) is 1.10. The van der Waals surface area contributed by atoms with Gasteiger partial charge in [0.25, 0.3) is 0 Å². The van der Waals surface area contributed by atoms with Gasteiger partial charge in [0.2, 0.25) is 5.91 Å². The highest BCUT2D eigenvalue weighted by Crippen LogP contribution is 2.29. The van der Waals surface area contributed by atoms with Gasteiger partial charge in [-0.05, 0) is 83.3 Å². The highest BCUT2D eigenvalue weighted by molar-refractivity contribution is 5.93. The normalized spacial score (nSPS) is 27.9. The Morgan fingerprint density at radius 1 is 0.964 bits per heavy atom. The topological polar surface area (TPSA) is 26.8 Å². The second-order valence-electron chi connectivity index (χ2n) is 9.72. The molecule has 0 N–H and O–H groups in total. The molecule has 2 aliphatic carbocycles. The van der Waals surface area contributed by atoms with Crippen LogP contribution in [0.25, 0.3) is 0 Å². The number of amides is 1. The third-order valence-corrected chi connectivity index (χ3v) is 7.61. The van der Waals surface area contributed by atoms with E-state index in [1.807, 2.05) is 0 Å². The van der Waals surface area contributed by atoms with Gasteiger partial charge in [-0.25, -0.2) is 0 Å². The minimum absolute atomic E-state index is 0.354. The summed E-state index contributed by atoms with van der Waals surface area (Å²) in [6.45, 7) is 7.93. The quantitative estimate of drug-likeness (QED) is 0.659. The molecule has 0 bridgehead atoms. The first-order chi connectivity index (χ1) is 13.8. The standard InChI is InChI=1S/C24H41N3O/c28-24(22-10-2-3-11-22)27(18-17-25-14-6-1-7-15-25)20-21-9-8-16-26(19-21)23-12-4-5-13-23/h10,21,23H,1-9,11-20H2. The van der Waals surface area contributed by atoms with Crippen LogP contribution < -0.4 is 0 Å². The average Bonchev–Trinajstić information content (AvgIpc) is 3.46. The van der Waals surface area contributed by atoms with Gasteiger partial charge in [-0.3, -0.25) is 4.79 Å². The molecule has 1 saturated carbocycles. The first kappa shape index (κ1) is 20.4. The molecule has 1 atom stereocenters. The van der Waals surface area contributed by atoms with Crippen LogP contribution in [0.1, 0.15) is 77.0 Å². The maximum absolute atomic E-state index is 13.3. The van der Waals surface area contributed by atoms with Gasteiger partial charge in [-0.1, -0.05) is 25.3 Å². The van der Waals surface area contributed by atoms with Crippen molar-refractivity contribution >= 4 is 5.91 Å². The third kappa shape index (κ3) is 5.38. The number of likely N-dealkylation sites (tertiary alicyclic amines) is 2. The zero-order valence-electron chi connectivity index (χ0n) is 17.9. The Kier molecular flexibility index (Phi) is 7.47. The maximum atomic E-state index is 13.3. The van der Waals surface area contributed by atoms with E-state index in [0.717, 1.165) is 44.1 Å². The minimum Gasteiger partial charge on any atom is -0.337 e. The lowest BCUT2D eigenvalue weighted by Crippen LogP contribution is -2.48. The lowest BCUT2D eigenvalue weighted by Gasteiger charge is -2.39. The van der Waals surface area contributed by atoms with Crippen LogP contribution in [-0.4, -0.2) is 72.5 Å². The highest BCUT2D eigenvalue weighted by Gasteiger charge is 2.30. The van der Waals surface area contributed by atoms with Crippen molar-refractivity contribution in [3.05, 3.63) is 11.6 Å². The van der Waals surface area contributed by atoms with E-state index in [4.69, 9.17) is 0 Å². The molecule has 1 unspecified atom stereocenters. The predicted molar refractivity (Wildman–Crippen MR) is 115 cm³/mol. The summed E-state index contributed by atoms with van der Waals surface area (Å²) in [7, 11) is 0. The van der Waals surface area contributed by atoms with E-state index in [9.17, 15) is 4.79 Å². The van der Waals surface area contributed by atoms with E-state index in [-0.39, 0.29) is 0 Å². The van der Waals surface area contributed by atoms with Crippen LogP contribution in [0.2, 0.25) is 0 Å². The highest BCUT2D eigenvalue weighted by atomic mass is 16.2. The summed E-state index contributed by atoms with van der Waals surface area (Å²) < 4.78 is 0. The Morgan fingerprint density at radius 2 is 1.79 bits per heavy atom. The van der Waals surface area contributed by atoms with Crippen molar-refractivity contribution in [2.45, 2.75) is 83.1 Å². The number of carbonyl (C=O) groups excluding carboxylic acids is 1. The van der Waals surface area contributed by atoms with E-state index < -0.39 is 0 Å². The zero-order chi connectivity index (χ0) is 19.2. The fourth-order valence-electron chi connectivity index (χ4n) is 5.95. The Bertz CT molecular complexity index is 534. The Morgan fingerprint density at radius 3 is 2.54 bits per heavy atom. The number of allylic oxidation sites excluding steroid dienone is 1. The monoisotopic (exact) mass is 387 g/mol. The molecule has 2 aliphatic heterocycles. The fraction of sp³-hybridized carbons (Fsp3) is 0.875. The van der Waals surface area contributed by atoms with Crippen LogP contribution >= 0.6 is 0 Å². The lowest BCUT2D eigenvalue weighted by molar-refractivity contribution is -0.128. The van der Waals surface area contributed by atoms with Gasteiger partial charge < -0.3 is 14.7 Å². The summed E-state index contributed by atoms with van der Waals surface area (Å²) in [5, 5.41) is 0. The molecule has 0 aromatic rings. The van der Waals surface area contributed by atoms with E-state index in [1.54, 1.807) is 0 Å². The molecule has 0 aromatic heterocycles. The van der Waals surface area contributed by atoms with Gasteiger partial charge in [0.15, 0.2) is 0 Å². The van der Waals surface area contributed by atoms with Crippen LogP contribution in [0.5, 0.6) is 0 Å². The number of hydrogen-bond donors (Lipinski definition) is 0. The Hall–Kier alpha value is -0.870. The van der Waals surface area contributed by atoms with Crippen LogP contribution in [0.15, 0.2) is 11.6 Å². The van der Waals surface area contributed by atoms with E-state index in [2.05, 4.69) is 20.8 Å². The number of hydrogen-bond acceptors (Lipinski definition) is 3. The molecule has 0 spiro atoms. The third-order valence-electron chi connectivity index (χ3n) is 7.61. The molecule has 0 aromatic carbocycles. The van der Waals surface area contributed by atoms with Crippen LogP contribution in [0.4, 0.5) is 0 Å². The number of nitrogens with zero attached hydrogens (tertiary/aromatic N) is 3. The number of rotatable bonds is 7. The van der Waals surface area contributed by atoms with Gasteiger partial charge in [0, 0.05) is 37.8 Å². The number of piperidine rings is 2. The van der Waals surface area contributed by atoms with Gasteiger partial charge in [0.1, 0.15) is 0 Å². The average molecular weight is 388 g/mol. The predicted octanol–water partition coefficient (Wildman–Crippen LogP) is 4.07. The van der Waals surface area contributed by atoms with Crippen LogP contribution in [0, 0.1) is 5.92 Å². The molecule has 158 valence electrons. The first-order valence-corrected chi connectivity index (χ1v) is 12.2. The molecule has 3 fully saturated rings. The van der Waals surface area contributed by atoms with Crippen molar-refractivity contribution in [2.75, 3.05) is 45.8 Å². The number of carbonyl (C=O) groups is 1. The first-order valence-electron chi connectivity index (χ1n) is 12.2.